The van der Waals surface area contributed by atoms with Crippen LogP contribution in [0.5, 0.6) is 0 Å². The van der Waals surface area contributed by atoms with Gasteiger partial charge in [-0.1, -0.05) is 30.3 Å². The Bertz CT molecular complexity index is 368. The molecule has 14 heavy (non-hydrogen) atoms. The van der Waals surface area contributed by atoms with Crippen molar-refractivity contribution in [1.29, 1.82) is 0 Å². The first-order chi connectivity index (χ1) is 6.90. The van der Waals surface area contributed by atoms with Crippen molar-refractivity contribution in [3.05, 3.63) is 35.9 Å². The van der Waals surface area contributed by atoms with E-state index in [1.54, 1.807) is 7.11 Å². The Morgan fingerprint density at radius 1 is 1.07 bits per heavy atom. The van der Waals surface area contributed by atoms with E-state index in [1.165, 1.54) is 0 Å². The Kier molecular flexibility index (Phi) is 2.58. The van der Waals surface area contributed by atoms with Gasteiger partial charge in [-0.3, -0.25) is 0 Å². The largest absolute Gasteiger partial charge is 0.483 e. The average molecular weight is 188 g/mol. The van der Waals surface area contributed by atoms with Crippen molar-refractivity contribution in [1.82, 2.24) is 0 Å². The Morgan fingerprint density at radius 2 is 1.86 bits per heavy atom. The lowest BCUT2D eigenvalue weighted by Gasteiger charge is -2.10. The van der Waals surface area contributed by atoms with Crippen molar-refractivity contribution in [2.24, 2.45) is 10.2 Å². The third-order valence-corrected chi connectivity index (χ3v) is 2.20. The van der Waals surface area contributed by atoms with Crippen LogP contribution in [0.2, 0.25) is 0 Å². The molecule has 1 aliphatic heterocycles. The first kappa shape index (κ1) is 8.94. The molecular weight excluding hydrogens is 176 g/mol. The monoisotopic (exact) mass is 188 g/mol. The minimum absolute atomic E-state index is 0.713. The quantitative estimate of drug-likeness (QED) is 0.665. The first-order valence-electron chi connectivity index (χ1n) is 4.63. The Hall–Kier alpha value is -1.64. The SMILES string of the molecule is COC1=NN=C(c2ccccc2)CC1. The van der Waals surface area contributed by atoms with Crippen molar-refractivity contribution < 1.29 is 4.74 Å². The standard InChI is InChI=1S/C11H12N2O/c1-14-11-8-7-10(12-13-11)9-5-3-2-4-6-9/h2-6H,7-8H2,1H3. The predicted molar refractivity (Wildman–Crippen MR) is 56.7 cm³/mol. The molecule has 0 radical (unpaired) electrons. The second kappa shape index (κ2) is 4.05. The molecular formula is C11H12N2O. The van der Waals surface area contributed by atoms with Crippen LogP contribution in [-0.4, -0.2) is 18.7 Å². The maximum absolute atomic E-state index is 5.02. The summed E-state index contributed by atoms with van der Waals surface area (Å²) in [5.74, 6) is 0.713. The second-order valence-corrected chi connectivity index (χ2v) is 3.11. The van der Waals surface area contributed by atoms with Gasteiger partial charge in [-0.05, 0) is 5.56 Å². The fourth-order valence-electron chi connectivity index (χ4n) is 1.42. The first-order valence-corrected chi connectivity index (χ1v) is 4.63. The normalized spacial score (nSPS) is 15.8. The van der Waals surface area contributed by atoms with Crippen molar-refractivity contribution in [3.8, 4) is 0 Å². The topological polar surface area (TPSA) is 34.0 Å². The lowest BCUT2D eigenvalue weighted by Crippen LogP contribution is -2.11. The minimum Gasteiger partial charge on any atom is -0.483 e. The summed E-state index contributed by atoms with van der Waals surface area (Å²) in [4.78, 5) is 0. The Labute approximate surface area is 83.1 Å². The molecule has 0 saturated carbocycles. The summed E-state index contributed by atoms with van der Waals surface area (Å²) in [6, 6.07) is 10.1. The van der Waals surface area contributed by atoms with Gasteiger partial charge in [-0.25, -0.2) is 0 Å². The molecule has 0 bridgehead atoms. The van der Waals surface area contributed by atoms with Gasteiger partial charge in [0.05, 0.1) is 12.8 Å². The number of hydrogen-bond donors (Lipinski definition) is 0. The summed E-state index contributed by atoms with van der Waals surface area (Å²) < 4.78 is 5.02. The number of nitrogens with zero attached hydrogens (tertiary/aromatic N) is 2. The van der Waals surface area contributed by atoms with Crippen LogP contribution in [0, 0.1) is 0 Å². The van der Waals surface area contributed by atoms with Crippen molar-refractivity contribution >= 4 is 11.6 Å². The van der Waals surface area contributed by atoms with E-state index in [4.69, 9.17) is 4.74 Å². The van der Waals surface area contributed by atoms with E-state index in [-0.39, 0.29) is 0 Å². The average Bonchev–Trinajstić information content (AvgIpc) is 2.30. The second-order valence-electron chi connectivity index (χ2n) is 3.11. The third-order valence-electron chi connectivity index (χ3n) is 2.20. The molecule has 1 aromatic carbocycles. The molecule has 0 aromatic heterocycles. The van der Waals surface area contributed by atoms with Crippen LogP contribution in [0.4, 0.5) is 0 Å². The zero-order valence-electron chi connectivity index (χ0n) is 8.10. The van der Waals surface area contributed by atoms with Gasteiger partial charge < -0.3 is 4.74 Å². The van der Waals surface area contributed by atoms with Gasteiger partial charge in [-0.15, -0.1) is 5.10 Å². The maximum Gasteiger partial charge on any atom is 0.208 e. The zero-order valence-corrected chi connectivity index (χ0v) is 8.10. The number of hydrogen-bond acceptors (Lipinski definition) is 3. The van der Waals surface area contributed by atoms with Gasteiger partial charge in [0.1, 0.15) is 0 Å². The summed E-state index contributed by atoms with van der Waals surface area (Å²) >= 11 is 0. The van der Waals surface area contributed by atoms with E-state index < -0.39 is 0 Å². The molecule has 1 aliphatic rings. The van der Waals surface area contributed by atoms with Crippen molar-refractivity contribution in [2.75, 3.05) is 7.11 Å². The van der Waals surface area contributed by atoms with Gasteiger partial charge in [0.15, 0.2) is 0 Å². The molecule has 2 rings (SSSR count). The van der Waals surface area contributed by atoms with E-state index in [0.717, 1.165) is 24.1 Å². The van der Waals surface area contributed by atoms with Gasteiger partial charge in [0.25, 0.3) is 0 Å². The molecule has 0 spiro atoms. The van der Waals surface area contributed by atoms with Crippen LogP contribution in [0.3, 0.4) is 0 Å². The summed E-state index contributed by atoms with van der Waals surface area (Å²) in [5.41, 5.74) is 2.18. The molecule has 0 fully saturated rings. The predicted octanol–water partition coefficient (Wildman–Crippen LogP) is 2.23. The lowest BCUT2D eigenvalue weighted by atomic mass is 10.1. The Balaban J connectivity index is 2.22. The van der Waals surface area contributed by atoms with Crippen LogP contribution >= 0.6 is 0 Å². The molecule has 72 valence electrons. The van der Waals surface area contributed by atoms with Gasteiger partial charge in [0, 0.05) is 12.8 Å². The number of benzene rings is 1. The molecule has 3 nitrogen and oxygen atoms in total. The summed E-state index contributed by atoms with van der Waals surface area (Å²) in [7, 11) is 1.63. The highest BCUT2D eigenvalue weighted by Gasteiger charge is 2.10. The fraction of sp³-hybridized carbons (Fsp3) is 0.273. The molecule has 1 aromatic rings. The molecule has 0 atom stereocenters. The van der Waals surface area contributed by atoms with Crippen molar-refractivity contribution in [3.63, 3.8) is 0 Å². The van der Waals surface area contributed by atoms with Gasteiger partial charge in [0.2, 0.25) is 5.90 Å². The van der Waals surface area contributed by atoms with Crippen LogP contribution in [-0.2, 0) is 4.74 Å². The highest BCUT2D eigenvalue weighted by molar-refractivity contribution is 6.03. The van der Waals surface area contributed by atoms with E-state index in [2.05, 4.69) is 10.2 Å². The van der Waals surface area contributed by atoms with E-state index in [1.807, 2.05) is 30.3 Å². The minimum atomic E-state index is 0.713. The Morgan fingerprint density at radius 3 is 2.43 bits per heavy atom. The third kappa shape index (κ3) is 1.82. The molecule has 1 heterocycles. The van der Waals surface area contributed by atoms with Crippen LogP contribution in [0.25, 0.3) is 0 Å². The highest BCUT2D eigenvalue weighted by atomic mass is 16.5. The van der Waals surface area contributed by atoms with Crippen molar-refractivity contribution in [2.45, 2.75) is 12.8 Å². The number of rotatable bonds is 1. The summed E-state index contributed by atoms with van der Waals surface area (Å²) in [6.07, 6.45) is 1.74. The smallest absolute Gasteiger partial charge is 0.208 e. The number of ether oxygens (including phenoxy) is 1. The lowest BCUT2D eigenvalue weighted by molar-refractivity contribution is 0.387. The molecule has 0 unspecified atom stereocenters. The molecule has 0 saturated heterocycles. The molecule has 0 N–H and O–H groups in total. The summed E-state index contributed by atoms with van der Waals surface area (Å²) in [5, 5.41) is 8.12. The zero-order chi connectivity index (χ0) is 9.80. The fourth-order valence-corrected chi connectivity index (χ4v) is 1.42. The van der Waals surface area contributed by atoms with Crippen LogP contribution in [0.15, 0.2) is 40.5 Å². The van der Waals surface area contributed by atoms with E-state index >= 15 is 0 Å². The van der Waals surface area contributed by atoms with Gasteiger partial charge in [-0.2, -0.15) is 5.10 Å². The highest BCUT2D eigenvalue weighted by Crippen LogP contribution is 2.12. The molecule has 0 aliphatic carbocycles. The maximum atomic E-state index is 5.02. The molecule has 0 amide bonds. The van der Waals surface area contributed by atoms with Gasteiger partial charge >= 0.3 is 0 Å². The molecule has 3 heteroatoms. The van der Waals surface area contributed by atoms with E-state index in [9.17, 15) is 0 Å². The van der Waals surface area contributed by atoms with Crippen LogP contribution in [0.1, 0.15) is 18.4 Å². The summed E-state index contributed by atoms with van der Waals surface area (Å²) in [6.45, 7) is 0. The number of methoxy groups -OCH3 is 1. The van der Waals surface area contributed by atoms with E-state index in [0.29, 0.717) is 5.90 Å². The van der Waals surface area contributed by atoms with Crippen LogP contribution < -0.4 is 0 Å².